The van der Waals surface area contributed by atoms with Gasteiger partial charge in [0.2, 0.25) is 0 Å². The standard InChI is InChI=1S/C44H32N2O6/c1-45(2)41(48)37-24-32(17-12-27(37)26-47)51-30-18-13-28(14-19-30)44(39-10-6-4-8-34(39)35-9-5-7-11-40(35)44)29-15-20-31(21-16-29)52-33-22-23-36-38(25-33)43(50)46(3)42(36)49/h4-26H,1-3H3. The summed E-state index contributed by atoms with van der Waals surface area (Å²) in [7, 11) is 4.75. The van der Waals surface area contributed by atoms with Crippen molar-refractivity contribution >= 4 is 24.0 Å². The number of carbonyl (C=O) groups is 4. The summed E-state index contributed by atoms with van der Waals surface area (Å²) in [5.41, 5.74) is 7.21. The van der Waals surface area contributed by atoms with Crippen LogP contribution in [0.15, 0.2) is 133 Å². The second-order valence-electron chi connectivity index (χ2n) is 13.0. The maximum Gasteiger partial charge on any atom is 0.261 e. The predicted octanol–water partition coefficient (Wildman–Crippen LogP) is 8.37. The smallest absolute Gasteiger partial charge is 0.261 e. The number of benzene rings is 6. The van der Waals surface area contributed by atoms with E-state index in [1.165, 1.54) is 11.9 Å². The van der Waals surface area contributed by atoms with Crippen LogP contribution in [-0.4, -0.2) is 55.0 Å². The predicted molar refractivity (Wildman–Crippen MR) is 197 cm³/mol. The molecule has 0 saturated carbocycles. The molecule has 6 aromatic rings. The molecular formula is C44H32N2O6. The van der Waals surface area contributed by atoms with E-state index in [0.29, 0.717) is 46.0 Å². The Hall–Kier alpha value is -6.80. The van der Waals surface area contributed by atoms with Gasteiger partial charge in [-0.1, -0.05) is 72.8 Å². The van der Waals surface area contributed by atoms with E-state index in [9.17, 15) is 19.2 Å². The molecule has 0 bridgehead atoms. The van der Waals surface area contributed by atoms with Crippen molar-refractivity contribution in [1.82, 2.24) is 9.80 Å². The van der Waals surface area contributed by atoms with Crippen LogP contribution >= 0.6 is 0 Å². The van der Waals surface area contributed by atoms with Crippen LogP contribution in [0.4, 0.5) is 0 Å². The van der Waals surface area contributed by atoms with E-state index >= 15 is 0 Å². The van der Waals surface area contributed by atoms with E-state index in [-0.39, 0.29) is 23.3 Å². The first-order chi connectivity index (χ1) is 25.2. The largest absolute Gasteiger partial charge is 0.457 e. The summed E-state index contributed by atoms with van der Waals surface area (Å²) >= 11 is 0. The Morgan fingerprint density at radius 3 is 1.62 bits per heavy atom. The molecule has 8 heteroatoms. The molecule has 0 spiro atoms. The van der Waals surface area contributed by atoms with E-state index in [1.54, 1.807) is 50.5 Å². The van der Waals surface area contributed by atoms with Gasteiger partial charge in [0.1, 0.15) is 23.0 Å². The number of nitrogens with zero attached hydrogens (tertiary/aromatic N) is 2. The van der Waals surface area contributed by atoms with Crippen molar-refractivity contribution in [3.63, 3.8) is 0 Å². The number of fused-ring (bicyclic) bond motifs is 4. The van der Waals surface area contributed by atoms with Crippen molar-refractivity contribution in [2.24, 2.45) is 0 Å². The summed E-state index contributed by atoms with van der Waals surface area (Å²) in [6.07, 6.45) is 0.669. The third-order valence-electron chi connectivity index (χ3n) is 9.85. The number of hydrogen-bond acceptors (Lipinski definition) is 6. The second-order valence-corrected chi connectivity index (χ2v) is 13.0. The van der Waals surface area contributed by atoms with Crippen LogP contribution in [0, 0.1) is 0 Å². The highest BCUT2D eigenvalue weighted by Gasteiger charge is 2.46. The van der Waals surface area contributed by atoms with Gasteiger partial charge in [0.25, 0.3) is 17.7 Å². The molecule has 8 nitrogen and oxygen atoms in total. The van der Waals surface area contributed by atoms with Gasteiger partial charge in [-0.2, -0.15) is 0 Å². The first-order valence-corrected chi connectivity index (χ1v) is 16.7. The molecule has 0 fully saturated rings. The average molecular weight is 685 g/mol. The van der Waals surface area contributed by atoms with E-state index in [0.717, 1.165) is 38.3 Å². The van der Waals surface area contributed by atoms with Gasteiger partial charge in [-0.25, -0.2) is 0 Å². The molecule has 1 aliphatic carbocycles. The zero-order valence-corrected chi connectivity index (χ0v) is 28.6. The van der Waals surface area contributed by atoms with E-state index in [2.05, 4.69) is 72.8 Å². The molecule has 3 amide bonds. The number of amides is 3. The highest BCUT2D eigenvalue weighted by Crippen LogP contribution is 2.56. The molecule has 2 aliphatic rings. The minimum absolute atomic E-state index is 0.270. The van der Waals surface area contributed by atoms with Crippen LogP contribution < -0.4 is 9.47 Å². The number of rotatable bonds is 8. The van der Waals surface area contributed by atoms with Gasteiger partial charge in [-0.15, -0.1) is 0 Å². The summed E-state index contributed by atoms with van der Waals surface area (Å²) < 4.78 is 12.4. The van der Waals surface area contributed by atoms with E-state index < -0.39 is 5.41 Å². The Morgan fingerprint density at radius 2 is 1.08 bits per heavy atom. The fraction of sp³-hybridized carbons (Fsp3) is 0.0909. The van der Waals surface area contributed by atoms with Gasteiger partial charge in [-0.3, -0.25) is 24.1 Å². The van der Waals surface area contributed by atoms with Crippen molar-refractivity contribution in [1.29, 1.82) is 0 Å². The summed E-state index contributed by atoms with van der Waals surface area (Å²) in [6, 6.07) is 42.6. The minimum atomic E-state index is -0.675. The Labute approximate surface area is 300 Å². The van der Waals surface area contributed by atoms with Crippen molar-refractivity contribution in [3.8, 4) is 34.1 Å². The Bertz CT molecular complexity index is 2390. The molecule has 52 heavy (non-hydrogen) atoms. The highest BCUT2D eigenvalue weighted by atomic mass is 16.5. The van der Waals surface area contributed by atoms with Crippen molar-refractivity contribution in [2.45, 2.75) is 5.41 Å². The second kappa shape index (κ2) is 12.5. The number of aldehydes is 1. The van der Waals surface area contributed by atoms with E-state index in [4.69, 9.17) is 9.47 Å². The van der Waals surface area contributed by atoms with Crippen molar-refractivity contribution < 1.29 is 28.7 Å². The van der Waals surface area contributed by atoms with Crippen LogP contribution in [-0.2, 0) is 5.41 Å². The first kappa shape index (κ1) is 32.4. The summed E-state index contributed by atoms with van der Waals surface area (Å²) in [4.78, 5) is 51.9. The molecule has 0 N–H and O–H groups in total. The van der Waals surface area contributed by atoms with Crippen molar-refractivity contribution in [3.05, 3.63) is 178 Å². The molecule has 1 aliphatic heterocycles. The number of carbonyl (C=O) groups excluding carboxylic acids is 4. The third kappa shape index (κ3) is 5.07. The average Bonchev–Trinajstić information content (AvgIpc) is 3.59. The van der Waals surface area contributed by atoms with Gasteiger partial charge >= 0.3 is 0 Å². The Morgan fingerprint density at radius 1 is 0.596 bits per heavy atom. The molecular weight excluding hydrogens is 652 g/mol. The maximum atomic E-state index is 12.8. The minimum Gasteiger partial charge on any atom is -0.457 e. The Balaban J connectivity index is 1.17. The van der Waals surface area contributed by atoms with Crippen LogP contribution in [0.3, 0.4) is 0 Å². The molecule has 254 valence electrons. The van der Waals surface area contributed by atoms with Gasteiger partial charge in [-0.05, 0) is 94.0 Å². The van der Waals surface area contributed by atoms with Gasteiger partial charge < -0.3 is 14.4 Å². The fourth-order valence-electron chi connectivity index (χ4n) is 7.37. The number of hydrogen-bond donors (Lipinski definition) is 0. The van der Waals surface area contributed by atoms with Gasteiger partial charge in [0, 0.05) is 26.7 Å². The Kier molecular flexibility index (Phi) is 7.80. The zero-order chi connectivity index (χ0) is 36.1. The highest BCUT2D eigenvalue weighted by molar-refractivity contribution is 6.21. The quantitative estimate of drug-likeness (QED) is 0.118. The van der Waals surface area contributed by atoms with Gasteiger partial charge in [0.15, 0.2) is 6.29 Å². The molecule has 6 aromatic carbocycles. The summed E-state index contributed by atoms with van der Waals surface area (Å²) in [5, 5.41) is 0. The van der Waals surface area contributed by atoms with Crippen LogP contribution in [0.1, 0.15) is 63.7 Å². The lowest BCUT2D eigenvalue weighted by atomic mass is 9.68. The SMILES string of the molecule is CN(C)C(=O)c1cc(Oc2ccc(C3(c4ccc(Oc5ccc6c(c5)C(=O)N(C)C6=O)cc4)c4ccccc4-c4ccccc43)cc2)ccc1C=O. The van der Waals surface area contributed by atoms with Gasteiger partial charge in [0.05, 0.1) is 22.1 Å². The zero-order valence-electron chi connectivity index (χ0n) is 28.6. The summed E-state index contributed by atoms with van der Waals surface area (Å²) in [5.74, 6) is 1.10. The van der Waals surface area contributed by atoms with E-state index in [1.807, 2.05) is 24.3 Å². The number of imide groups is 1. The van der Waals surface area contributed by atoms with Crippen LogP contribution in [0.2, 0.25) is 0 Å². The normalized spacial score (nSPS) is 13.6. The van der Waals surface area contributed by atoms with Crippen LogP contribution in [0.5, 0.6) is 23.0 Å². The number of ether oxygens (including phenoxy) is 2. The summed E-state index contributed by atoms with van der Waals surface area (Å²) in [6.45, 7) is 0. The third-order valence-corrected chi connectivity index (χ3v) is 9.85. The molecule has 0 radical (unpaired) electrons. The lowest BCUT2D eigenvalue weighted by Gasteiger charge is -2.34. The molecule has 1 heterocycles. The van der Waals surface area contributed by atoms with Crippen molar-refractivity contribution in [2.75, 3.05) is 21.1 Å². The molecule has 0 saturated heterocycles. The maximum absolute atomic E-state index is 12.8. The van der Waals surface area contributed by atoms with Crippen LogP contribution in [0.25, 0.3) is 11.1 Å². The topological polar surface area (TPSA) is 93.2 Å². The lowest BCUT2D eigenvalue weighted by Crippen LogP contribution is -2.28. The first-order valence-electron chi connectivity index (χ1n) is 16.7. The molecule has 0 unspecified atom stereocenters. The monoisotopic (exact) mass is 684 g/mol. The fourth-order valence-corrected chi connectivity index (χ4v) is 7.37. The molecule has 0 aromatic heterocycles. The molecule has 0 atom stereocenters. The lowest BCUT2D eigenvalue weighted by molar-refractivity contribution is 0.0692. The molecule has 8 rings (SSSR count).